The molecule has 0 aliphatic heterocycles. The number of hydrogen-bond acceptors (Lipinski definition) is 4. The fourth-order valence-electron chi connectivity index (χ4n) is 2.80. The average Bonchev–Trinajstić information content (AvgIpc) is 3.14. The van der Waals surface area contributed by atoms with Crippen LogP contribution in [0.15, 0.2) is 53.8 Å². The van der Waals surface area contributed by atoms with Gasteiger partial charge in [-0.2, -0.15) is 0 Å². The van der Waals surface area contributed by atoms with Gasteiger partial charge in [-0.1, -0.05) is 5.16 Å². The Balaban J connectivity index is 2.04. The van der Waals surface area contributed by atoms with E-state index >= 15 is 0 Å². The molecule has 0 saturated carbocycles. The van der Waals surface area contributed by atoms with Crippen molar-refractivity contribution >= 4 is 5.52 Å². The van der Waals surface area contributed by atoms with Crippen LogP contribution in [-0.2, 0) is 0 Å². The van der Waals surface area contributed by atoms with E-state index in [0.29, 0.717) is 0 Å². The largest absolute Gasteiger partial charge is 0.361 e. The highest BCUT2D eigenvalue weighted by molar-refractivity contribution is 5.85. The third-order valence-corrected chi connectivity index (χ3v) is 3.84. The summed E-state index contributed by atoms with van der Waals surface area (Å²) < 4.78 is 7.36. The SMILES string of the molecule is Cc1noc(C)c1-c1cc(-c2ccncc2)cn2cncc12. The van der Waals surface area contributed by atoms with Gasteiger partial charge in [0.05, 0.1) is 23.7 Å². The smallest absolute Gasteiger partial charge is 0.141 e. The van der Waals surface area contributed by atoms with E-state index in [1.54, 1.807) is 12.4 Å². The van der Waals surface area contributed by atoms with Crippen LogP contribution < -0.4 is 0 Å². The second-order valence-corrected chi connectivity index (χ2v) is 5.26. The highest BCUT2D eigenvalue weighted by Crippen LogP contribution is 2.33. The standard InChI is InChI=1S/C17H14N4O/c1-11-17(12(2)22-20-11)15-7-14(13-3-5-18-6-4-13)9-21-10-19-8-16(15)21/h3-10H,1-2H3. The number of imidazole rings is 1. The van der Waals surface area contributed by atoms with E-state index in [4.69, 9.17) is 4.52 Å². The molecule has 0 aliphatic carbocycles. The number of nitrogens with zero attached hydrogens (tertiary/aromatic N) is 4. The van der Waals surface area contributed by atoms with Crippen LogP contribution in [0.4, 0.5) is 0 Å². The summed E-state index contributed by atoms with van der Waals surface area (Å²) in [5.41, 5.74) is 6.23. The molecule has 0 spiro atoms. The van der Waals surface area contributed by atoms with Crippen LogP contribution in [0.5, 0.6) is 0 Å². The number of pyridine rings is 2. The Kier molecular flexibility index (Phi) is 2.79. The normalized spacial score (nSPS) is 11.2. The summed E-state index contributed by atoms with van der Waals surface area (Å²) in [6.45, 7) is 3.89. The second kappa shape index (κ2) is 4.80. The van der Waals surface area contributed by atoms with Crippen LogP contribution in [0.25, 0.3) is 27.8 Å². The molecule has 5 nitrogen and oxygen atoms in total. The number of aromatic nitrogens is 4. The molecule has 22 heavy (non-hydrogen) atoms. The molecular weight excluding hydrogens is 276 g/mol. The van der Waals surface area contributed by atoms with E-state index in [9.17, 15) is 0 Å². The number of aryl methyl sites for hydroxylation is 2. The van der Waals surface area contributed by atoms with Gasteiger partial charge in [0.2, 0.25) is 0 Å². The Hall–Kier alpha value is -2.95. The summed E-state index contributed by atoms with van der Waals surface area (Å²) in [7, 11) is 0. The molecule has 0 fully saturated rings. The van der Waals surface area contributed by atoms with Crippen molar-refractivity contribution < 1.29 is 4.52 Å². The Morgan fingerprint density at radius 3 is 2.59 bits per heavy atom. The first kappa shape index (κ1) is 12.8. The minimum Gasteiger partial charge on any atom is -0.361 e. The summed E-state index contributed by atoms with van der Waals surface area (Å²) in [5, 5.41) is 4.07. The van der Waals surface area contributed by atoms with Gasteiger partial charge in [-0.05, 0) is 43.2 Å². The number of rotatable bonds is 2. The lowest BCUT2D eigenvalue weighted by atomic mass is 10.00. The molecule has 0 aromatic carbocycles. The molecule has 0 unspecified atom stereocenters. The monoisotopic (exact) mass is 290 g/mol. The Morgan fingerprint density at radius 1 is 1.05 bits per heavy atom. The molecule has 0 aliphatic rings. The predicted octanol–water partition coefficient (Wildman–Crippen LogP) is 3.67. The van der Waals surface area contributed by atoms with E-state index in [2.05, 4.69) is 27.4 Å². The quantitative estimate of drug-likeness (QED) is 0.565. The predicted molar refractivity (Wildman–Crippen MR) is 83.4 cm³/mol. The molecule has 0 amide bonds. The van der Waals surface area contributed by atoms with Gasteiger partial charge in [0.15, 0.2) is 0 Å². The van der Waals surface area contributed by atoms with Crippen LogP contribution in [0.3, 0.4) is 0 Å². The Morgan fingerprint density at radius 2 is 1.86 bits per heavy atom. The lowest BCUT2D eigenvalue weighted by Gasteiger charge is -2.09. The van der Waals surface area contributed by atoms with Crippen LogP contribution in [0.2, 0.25) is 0 Å². The van der Waals surface area contributed by atoms with Crippen molar-refractivity contribution in [1.29, 1.82) is 0 Å². The molecule has 5 heteroatoms. The zero-order valence-corrected chi connectivity index (χ0v) is 12.3. The molecule has 4 aromatic rings. The molecule has 4 aromatic heterocycles. The van der Waals surface area contributed by atoms with Crippen LogP contribution in [0, 0.1) is 13.8 Å². The first-order valence-electron chi connectivity index (χ1n) is 7.03. The summed E-state index contributed by atoms with van der Waals surface area (Å²) in [6, 6.07) is 6.14. The van der Waals surface area contributed by atoms with Gasteiger partial charge in [-0.25, -0.2) is 4.98 Å². The molecule has 0 saturated heterocycles. The van der Waals surface area contributed by atoms with Crippen molar-refractivity contribution in [2.45, 2.75) is 13.8 Å². The van der Waals surface area contributed by atoms with Gasteiger partial charge in [0, 0.05) is 29.7 Å². The topological polar surface area (TPSA) is 56.2 Å². The average molecular weight is 290 g/mol. The molecule has 0 bridgehead atoms. The van der Waals surface area contributed by atoms with E-state index in [-0.39, 0.29) is 0 Å². The fourth-order valence-corrected chi connectivity index (χ4v) is 2.80. The zero-order chi connectivity index (χ0) is 15.1. The lowest BCUT2D eigenvalue weighted by molar-refractivity contribution is 0.393. The number of hydrogen-bond donors (Lipinski definition) is 0. The highest BCUT2D eigenvalue weighted by Gasteiger charge is 2.16. The van der Waals surface area contributed by atoms with Gasteiger partial charge < -0.3 is 8.92 Å². The van der Waals surface area contributed by atoms with Crippen LogP contribution in [-0.4, -0.2) is 19.5 Å². The molecule has 4 heterocycles. The maximum absolute atomic E-state index is 5.33. The second-order valence-electron chi connectivity index (χ2n) is 5.26. The zero-order valence-electron chi connectivity index (χ0n) is 12.3. The third kappa shape index (κ3) is 1.90. The fraction of sp³-hybridized carbons (Fsp3) is 0.118. The molecule has 0 N–H and O–H groups in total. The van der Waals surface area contributed by atoms with Crippen molar-refractivity contribution in [1.82, 2.24) is 19.5 Å². The maximum Gasteiger partial charge on any atom is 0.141 e. The Labute approximate surface area is 127 Å². The summed E-state index contributed by atoms with van der Waals surface area (Å²) in [4.78, 5) is 8.35. The van der Waals surface area contributed by atoms with Gasteiger partial charge in [-0.3, -0.25) is 4.98 Å². The van der Waals surface area contributed by atoms with Crippen molar-refractivity contribution in [2.24, 2.45) is 0 Å². The van der Waals surface area contributed by atoms with Crippen LogP contribution >= 0.6 is 0 Å². The maximum atomic E-state index is 5.33. The van der Waals surface area contributed by atoms with Gasteiger partial charge in [0.1, 0.15) is 5.76 Å². The number of fused-ring (bicyclic) bond motifs is 1. The van der Waals surface area contributed by atoms with Crippen molar-refractivity contribution in [3.8, 4) is 22.3 Å². The van der Waals surface area contributed by atoms with E-state index < -0.39 is 0 Å². The first-order chi connectivity index (χ1) is 10.7. The van der Waals surface area contributed by atoms with E-state index in [1.807, 2.05) is 42.9 Å². The van der Waals surface area contributed by atoms with Crippen LogP contribution in [0.1, 0.15) is 11.5 Å². The van der Waals surface area contributed by atoms with Gasteiger partial charge in [0.25, 0.3) is 0 Å². The van der Waals surface area contributed by atoms with Crippen molar-refractivity contribution in [3.63, 3.8) is 0 Å². The van der Waals surface area contributed by atoms with Crippen molar-refractivity contribution in [3.05, 3.63) is 60.8 Å². The minimum atomic E-state index is 0.812. The lowest BCUT2D eigenvalue weighted by Crippen LogP contribution is -1.91. The molecule has 4 rings (SSSR count). The molecule has 108 valence electrons. The highest BCUT2D eigenvalue weighted by atomic mass is 16.5. The van der Waals surface area contributed by atoms with E-state index in [1.165, 1.54) is 0 Å². The minimum absolute atomic E-state index is 0.812. The van der Waals surface area contributed by atoms with Gasteiger partial charge in [-0.15, -0.1) is 0 Å². The molecule has 0 radical (unpaired) electrons. The first-order valence-corrected chi connectivity index (χ1v) is 7.03. The Bertz CT molecular complexity index is 934. The molecular formula is C17H14N4O. The third-order valence-electron chi connectivity index (χ3n) is 3.84. The summed E-state index contributed by atoms with van der Waals surface area (Å²) >= 11 is 0. The van der Waals surface area contributed by atoms with Crippen molar-refractivity contribution in [2.75, 3.05) is 0 Å². The van der Waals surface area contributed by atoms with Gasteiger partial charge >= 0.3 is 0 Å². The van der Waals surface area contributed by atoms with E-state index in [0.717, 1.165) is 39.2 Å². The molecule has 0 atom stereocenters. The summed E-state index contributed by atoms with van der Waals surface area (Å²) in [6.07, 6.45) is 9.32. The summed E-state index contributed by atoms with van der Waals surface area (Å²) in [5.74, 6) is 0.812.